The highest BCUT2D eigenvalue weighted by Crippen LogP contribution is 2.03. The van der Waals surface area contributed by atoms with Gasteiger partial charge in [0.1, 0.15) is 0 Å². The molecule has 1 rings (SSSR count). The Kier molecular flexibility index (Phi) is 15.9. The minimum atomic E-state index is -0.991. The summed E-state index contributed by atoms with van der Waals surface area (Å²) < 4.78 is 0. The van der Waals surface area contributed by atoms with E-state index in [1.807, 2.05) is 4.90 Å². The maximum absolute atomic E-state index is 12.5. The summed E-state index contributed by atoms with van der Waals surface area (Å²) in [6, 6.07) is 0. The van der Waals surface area contributed by atoms with Gasteiger partial charge in [-0.3, -0.25) is 38.8 Å². The normalized spacial score (nSPS) is 17.9. The molecule has 1 fully saturated rings. The van der Waals surface area contributed by atoms with Crippen LogP contribution >= 0.6 is 0 Å². The maximum Gasteiger partial charge on any atom is 0.317 e. The van der Waals surface area contributed by atoms with Crippen molar-refractivity contribution in [3.8, 4) is 0 Å². The van der Waals surface area contributed by atoms with Gasteiger partial charge >= 0.3 is 17.9 Å². The molecule has 202 valence electrons. The number of carboxylic acids is 3. The quantitative estimate of drug-likeness (QED) is 0.229. The Balaban J connectivity index is 2.79. The fourth-order valence-electron chi connectivity index (χ4n) is 4.00. The number of carbonyl (C=O) groups excluding carboxylic acids is 1. The van der Waals surface area contributed by atoms with Gasteiger partial charge in [0.05, 0.1) is 26.2 Å². The van der Waals surface area contributed by atoms with Gasteiger partial charge < -0.3 is 20.6 Å². The Morgan fingerprint density at radius 1 is 0.571 bits per heavy atom. The molecule has 0 aromatic heterocycles. The van der Waals surface area contributed by atoms with Gasteiger partial charge in [-0.1, -0.05) is 32.6 Å². The van der Waals surface area contributed by atoms with Crippen molar-refractivity contribution in [3.63, 3.8) is 0 Å². The van der Waals surface area contributed by atoms with Crippen LogP contribution in [0.5, 0.6) is 0 Å². The molecule has 4 N–H and O–H groups in total. The lowest BCUT2D eigenvalue weighted by Crippen LogP contribution is -2.49. The van der Waals surface area contributed by atoms with Gasteiger partial charge in [-0.2, -0.15) is 0 Å². The number of unbranched alkanes of at least 4 members (excludes halogenated alkanes) is 4. The van der Waals surface area contributed by atoms with Gasteiger partial charge in [0.2, 0.25) is 5.91 Å². The number of aliphatic carboxylic acids is 3. The number of hydrogen-bond acceptors (Lipinski definition) is 8. The molecule has 0 aromatic carbocycles. The lowest BCUT2D eigenvalue weighted by atomic mass is 10.1. The third kappa shape index (κ3) is 16.1. The smallest absolute Gasteiger partial charge is 0.317 e. The number of rotatable bonds is 14. The summed E-state index contributed by atoms with van der Waals surface area (Å²) in [5.74, 6) is -3.03. The molecule has 0 radical (unpaired) electrons. The highest BCUT2D eigenvalue weighted by atomic mass is 16.4. The molecule has 1 amide bonds. The van der Waals surface area contributed by atoms with E-state index in [4.69, 9.17) is 0 Å². The Morgan fingerprint density at radius 3 is 1.26 bits per heavy atom. The van der Waals surface area contributed by atoms with Gasteiger partial charge in [0.25, 0.3) is 0 Å². The molecule has 0 saturated carbocycles. The van der Waals surface area contributed by atoms with Crippen molar-refractivity contribution in [2.45, 2.75) is 39.0 Å². The Hall–Kier alpha value is -2.28. The maximum atomic E-state index is 12.5. The first kappa shape index (κ1) is 30.8. The molecule has 1 aliphatic heterocycles. The summed E-state index contributed by atoms with van der Waals surface area (Å²) in [5, 5.41) is 30.7. The van der Waals surface area contributed by atoms with Crippen LogP contribution in [0.2, 0.25) is 0 Å². The predicted molar refractivity (Wildman–Crippen MR) is 130 cm³/mol. The second-order valence-electron chi connectivity index (χ2n) is 9.05. The Morgan fingerprint density at radius 2 is 0.914 bits per heavy atom. The first-order valence-electron chi connectivity index (χ1n) is 12.5. The van der Waals surface area contributed by atoms with Crippen LogP contribution in [0.15, 0.2) is 0 Å². The molecule has 0 atom stereocenters. The van der Waals surface area contributed by atoms with Crippen molar-refractivity contribution in [2.24, 2.45) is 0 Å². The SMILES string of the molecule is CCCCCCCNC(=O)CN1CCN(CC(=O)O)CCN(CC(=O)O)CCN(CC(=O)O)CC1. The van der Waals surface area contributed by atoms with Crippen molar-refractivity contribution in [1.82, 2.24) is 24.9 Å². The number of nitrogens with zero attached hydrogens (tertiary/aromatic N) is 4. The van der Waals surface area contributed by atoms with Gasteiger partial charge in [0.15, 0.2) is 0 Å². The van der Waals surface area contributed by atoms with Gasteiger partial charge in [-0.25, -0.2) is 0 Å². The van der Waals surface area contributed by atoms with Crippen molar-refractivity contribution >= 4 is 23.8 Å². The number of hydrogen-bond donors (Lipinski definition) is 4. The first-order chi connectivity index (χ1) is 16.7. The van der Waals surface area contributed by atoms with E-state index in [2.05, 4.69) is 12.2 Å². The van der Waals surface area contributed by atoms with E-state index in [0.717, 1.165) is 25.7 Å². The summed E-state index contributed by atoms with van der Waals surface area (Å²) in [5.41, 5.74) is 0. The van der Waals surface area contributed by atoms with Crippen LogP contribution in [-0.4, -0.2) is 144 Å². The summed E-state index contributed by atoms with van der Waals surface area (Å²) >= 11 is 0. The molecule has 0 unspecified atom stereocenters. The molecule has 12 heteroatoms. The molecule has 0 spiro atoms. The number of carboxylic acid groups (broad SMARTS) is 3. The molecule has 0 bridgehead atoms. The Labute approximate surface area is 207 Å². The predicted octanol–water partition coefficient (Wildman–Crippen LogP) is -0.452. The molecule has 12 nitrogen and oxygen atoms in total. The molecular formula is C23H43N5O7. The largest absolute Gasteiger partial charge is 0.480 e. The minimum absolute atomic E-state index is 0.102. The molecule has 1 saturated heterocycles. The first-order valence-corrected chi connectivity index (χ1v) is 12.5. The third-order valence-electron chi connectivity index (χ3n) is 5.98. The second kappa shape index (κ2) is 18.1. The second-order valence-corrected chi connectivity index (χ2v) is 9.05. The van der Waals surface area contributed by atoms with Gasteiger partial charge in [-0.15, -0.1) is 0 Å². The number of amides is 1. The topological polar surface area (TPSA) is 154 Å². The zero-order valence-electron chi connectivity index (χ0n) is 21.0. The number of nitrogens with one attached hydrogen (secondary N) is 1. The molecule has 0 aromatic rings. The zero-order chi connectivity index (χ0) is 26.1. The van der Waals surface area contributed by atoms with Crippen LogP contribution in [0.25, 0.3) is 0 Å². The monoisotopic (exact) mass is 501 g/mol. The highest BCUT2D eigenvalue weighted by molar-refractivity contribution is 5.78. The zero-order valence-corrected chi connectivity index (χ0v) is 21.0. The average Bonchev–Trinajstić information content (AvgIpc) is 2.77. The van der Waals surface area contributed by atoms with Crippen LogP contribution in [0.4, 0.5) is 0 Å². The van der Waals surface area contributed by atoms with E-state index in [1.165, 1.54) is 6.42 Å². The summed E-state index contributed by atoms with van der Waals surface area (Å²) in [4.78, 5) is 53.5. The molecule has 0 aliphatic carbocycles. The lowest BCUT2D eigenvalue weighted by molar-refractivity contribution is -0.140. The summed E-state index contributed by atoms with van der Waals surface area (Å²) in [6.45, 7) is 5.46. The molecular weight excluding hydrogens is 458 g/mol. The van der Waals surface area contributed by atoms with Crippen LogP contribution in [0.1, 0.15) is 39.0 Å². The van der Waals surface area contributed by atoms with Crippen LogP contribution < -0.4 is 5.32 Å². The van der Waals surface area contributed by atoms with E-state index >= 15 is 0 Å². The van der Waals surface area contributed by atoms with E-state index in [0.29, 0.717) is 58.9 Å². The fraction of sp³-hybridized carbons (Fsp3) is 0.826. The van der Waals surface area contributed by atoms with Crippen molar-refractivity contribution in [3.05, 3.63) is 0 Å². The fourth-order valence-corrected chi connectivity index (χ4v) is 4.00. The van der Waals surface area contributed by atoms with Crippen molar-refractivity contribution in [2.75, 3.05) is 85.1 Å². The molecule has 1 aliphatic rings. The van der Waals surface area contributed by atoms with Crippen molar-refractivity contribution in [1.29, 1.82) is 0 Å². The number of carbonyl (C=O) groups is 4. The standard InChI is InChI=1S/C23H43N5O7/c1-2-3-4-5-6-7-24-20(29)16-25-8-10-26(17-21(30)31)12-14-28(19-23(34)35)15-13-27(11-9-25)18-22(32)33/h2-19H2,1H3,(H,24,29)(H,30,31)(H,32,33)(H,34,35). The summed E-state index contributed by atoms with van der Waals surface area (Å²) in [7, 11) is 0. The molecule has 35 heavy (non-hydrogen) atoms. The van der Waals surface area contributed by atoms with Crippen LogP contribution in [0, 0.1) is 0 Å². The minimum Gasteiger partial charge on any atom is -0.480 e. The van der Waals surface area contributed by atoms with Crippen LogP contribution in [0.3, 0.4) is 0 Å². The molecule has 1 heterocycles. The average molecular weight is 502 g/mol. The van der Waals surface area contributed by atoms with Crippen molar-refractivity contribution < 1.29 is 34.5 Å². The Bertz CT molecular complexity index is 632. The lowest BCUT2D eigenvalue weighted by Gasteiger charge is -2.32. The van der Waals surface area contributed by atoms with E-state index in [-0.39, 0.29) is 32.1 Å². The third-order valence-corrected chi connectivity index (χ3v) is 5.98. The highest BCUT2D eigenvalue weighted by Gasteiger charge is 2.21. The van der Waals surface area contributed by atoms with Gasteiger partial charge in [-0.05, 0) is 6.42 Å². The van der Waals surface area contributed by atoms with Gasteiger partial charge in [0, 0.05) is 58.9 Å². The van der Waals surface area contributed by atoms with E-state index in [9.17, 15) is 34.5 Å². The van der Waals surface area contributed by atoms with E-state index < -0.39 is 17.9 Å². The van der Waals surface area contributed by atoms with Crippen LogP contribution in [-0.2, 0) is 19.2 Å². The van der Waals surface area contributed by atoms with E-state index in [1.54, 1.807) is 14.7 Å². The summed E-state index contributed by atoms with van der Waals surface area (Å²) in [6.07, 6.45) is 5.51.